The highest BCUT2D eigenvalue weighted by Gasteiger charge is 2.49. The smallest absolute Gasteiger partial charge is 0.209 e. The van der Waals surface area contributed by atoms with Crippen molar-refractivity contribution in [3.8, 4) is 0 Å². The number of benzene rings is 2. The van der Waals surface area contributed by atoms with Crippen molar-refractivity contribution in [1.29, 1.82) is 0 Å². The molecule has 1 fully saturated rings. The number of para-hydroxylation sites is 2. The number of rotatable bonds is 2. The molecule has 2 heterocycles. The quantitative estimate of drug-likeness (QED) is 0.290. The first-order valence-electron chi connectivity index (χ1n) is 9.87. The third kappa shape index (κ3) is 2.29. The molecule has 0 atom stereocenters. The van der Waals surface area contributed by atoms with Crippen LogP contribution < -0.4 is 0 Å². The number of fused-ring (bicyclic) bond motifs is 2. The fourth-order valence-electron chi connectivity index (χ4n) is 4.90. The Morgan fingerprint density at radius 3 is 2.38 bits per heavy atom. The lowest BCUT2D eigenvalue weighted by Gasteiger charge is -2.26. The summed E-state index contributed by atoms with van der Waals surface area (Å²) in [6, 6.07) is 16.1. The highest BCUT2D eigenvalue weighted by atomic mass is 16.2. The summed E-state index contributed by atoms with van der Waals surface area (Å²) in [5, 5.41) is 0.971. The normalized spacial score (nSPS) is 20.3. The van der Waals surface area contributed by atoms with Crippen LogP contribution in [0, 0.1) is 0 Å². The van der Waals surface area contributed by atoms with Crippen LogP contribution in [0.4, 0.5) is 5.69 Å². The van der Waals surface area contributed by atoms with Crippen molar-refractivity contribution in [2.45, 2.75) is 25.2 Å². The van der Waals surface area contributed by atoms with Gasteiger partial charge in [0.15, 0.2) is 17.3 Å². The fraction of sp³-hybridized carbons (Fsp3) is 0.240. The molecule has 2 aromatic carbocycles. The topological polar surface area (TPSA) is 42.1 Å². The van der Waals surface area contributed by atoms with E-state index in [1.54, 1.807) is 0 Å². The molecule has 0 N–H and O–H groups in total. The van der Waals surface area contributed by atoms with Gasteiger partial charge in [0.05, 0.1) is 11.0 Å². The lowest BCUT2D eigenvalue weighted by atomic mass is 9.71. The standard InChI is InChI=1S/C25H23N2O2/c1-25(2)18-10-6-8-12-20(18)27(4)21(25)13-16-23(28)22(24(16)29)17-14-26(3)19-11-7-5-9-15(17)19/h5-14,22H,1-4H3/q+1. The molecule has 1 aliphatic carbocycles. The van der Waals surface area contributed by atoms with E-state index in [4.69, 9.17) is 0 Å². The summed E-state index contributed by atoms with van der Waals surface area (Å²) in [7, 11) is 3.94. The first-order chi connectivity index (χ1) is 13.8. The predicted octanol–water partition coefficient (Wildman–Crippen LogP) is 4.05. The Hall–Kier alpha value is -3.27. The maximum absolute atomic E-state index is 13.1. The molecule has 3 aromatic rings. The minimum atomic E-state index is -0.690. The molecular formula is C25H23N2O2+. The number of aromatic nitrogens is 1. The lowest BCUT2D eigenvalue weighted by molar-refractivity contribution is -0.401. The second-order valence-electron chi connectivity index (χ2n) is 8.52. The highest BCUT2D eigenvalue weighted by molar-refractivity contribution is 6.43. The number of carbonyl (C=O) groups is 2. The number of nitrogens with zero attached hydrogens (tertiary/aromatic N) is 2. The number of carbonyl (C=O) groups excluding carboxylic acids is 2. The first kappa shape index (κ1) is 17.8. The van der Waals surface area contributed by atoms with E-state index in [1.807, 2.05) is 67.3 Å². The maximum Gasteiger partial charge on any atom is 0.209 e. The molecule has 144 valence electrons. The molecule has 4 nitrogen and oxygen atoms in total. The molecule has 0 spiro atoms. The molecule has 0 bridgehead atoms. The van der Waals surface area contributed by atoms with Gasteiger partial charge in [-0.25, -0.2) is 0 Å². The average molecular weight is 383 g/mol. The van der Waals surface area contributed by atoms with Crippen LogP contribution in [0.5, 0.6) is 0 Å². The van der Waals surface area contributed by atoms with E-state index in [0.29, 0.717) is 5.57 Å². The van der Waals surface area contributed by atoms with Gasteiger partial charge in [-0.3, -0.25) is 9.59 Å². The van der Waals surface area contributed by atoms with Crippen LogP contribution in [-0.4, -0.2) is 33.5 Å². The molecule has 5 rings (SSSR count). The summed E-state index contributed by atoms with van der Waals surface area (Å²) in [5.41, 5.74) is 5.19. The molecule has 29 heavy (non-hydrogen) atoms. The summed E-state index contributed by atoms with van der Waals surface area (Å²) in [6.45, 7) is 4.27. The Labute approximate surface area is 169 Å². The van der Waals surface area contributed by atoms with Crippen molar-refractivity contribution >= 4 is 33.9 Å². The second kappa shape index (κ2) is 5.86. The van der Waals surface area contributed by atoms with Gasteiger partial charge in [-0.2, -0.15) is 4.58 Å². The third-order valence-electron chi connectivity index (χ3n) is 6.52. The van der Waals surface area contributed by atoms with E-state index < -0.39 is 5.92 Å². The zero-order valence-corrected chi connectivity index (χ0v) is 17.1. The Morgan fingerprint density at radius 2 is 1.66 bits per heavy atom. The molecule has 4 heteroatoms. The number of hydrogen-bond acceptors (Lipinski definition) is 2. The molecule has 0 amide bonds. The zero-order valence-electron chi connectivity index (χ0n) is 17.1. The molecule has 1 aliphatic heterocycles. The number of Topliss-reactive ketones (excluding diaryl/α,β-unsaturated/α-hetero) is 2. The van der Waals surface area contributed by atoms with Gasteiger partial charge in [0.25, 0.3) is 0 Å². The Morgan fingerprint density at radius 1 is 1.00 bits per heavy atom. The van der Waals surface area contributed by atoms with Crippen molar-refractivity contribution in [2.24, 2.45) is 7.05 Å². The van der Waals surface area contributed by atoms with Crippen LogP contribution >= 0.6 is 0 Å². The van der Waals surface area contributed by atoms with Gasteiger partial charge in [0.2, 0.25) is 5.69 Å². The van der Waals surface area contributed by atoms with E-state index in [1.165, 1.54) is 5.56 Å². The van der Waals surface area contributed by atoms with Gasteiger partial charge in [0, 0.05) is 41.9 Å². The largest absolute Gasteiger partial charge is 0.350 e. The fourth-order valence-corrected chi connectivity index (χ4v) is 4.90. The molecule has 0 unspecified atom stereocenters. The second-order valence-corrected chi connectivity index (χ2v) is 8.52. The Kier molecular flexibility index (Phi) is 3.60. The number of allylic oxidation sites excluding steroid dienone is 2. The van der Waals surface area contributed by atoms with Crippen LogP contribution in [-0.2, 0) is 22.1 Å². The minimum absolute atomic E-state index is 0.0843. The van der Waals surface area contributed by atoms with Crippen molar-refractivity contribution in [3.63, 3.8) is 0 Å². The number of aryl methyl sites for hydroxylation is 1. The monoisotopic (exact) mass is 383 g/mol. The predicted molar refractivity (Wildman–Crippen MR) is 114 cm³/mol. The van der Waals surface area contributed by atoms with Crippen molar-refractivity contribution in [3.05, 3.63) is 77.5 Å². The van der Waals surface area contributed by atoms with E-state index in [0.717, 1.165) is 27.9 Å². The summed E-state index contributed by atoms with van der Waals surface area (Å²) in [6.07, 6.45) is 3.73. The summed E-state index contributed by atoms with van der Waals surface area (Å²) >= 11 is 0. The molecule has 2 aliphatic rings. The Bertz CT molecular complexity index is 1270. The van der Waals surface area contributed by atoms with E-state index in [-0.39, 0.29) is 17.0 Å². The van der Waals surface area contributed by atoms with Crippen LogP contribution in [0.2, 0.25) is 0 Å². The van der Waals surface area contributed by atoms with Gasteiger partial charge in [-0.1, -0.05) is 36.4 Å². The summed E-state index contributed by atoms with van der Waals surface area (Å²) in [4.78, 5) is 26.1. The lowest BCUT2D eigenvalue weighted by Crippen LogP contribution is -2.40. The summed E-state index contributed by atoms with van der Waals surface area (Å²) < 4.78 is 4.07. The van der Waals surface area contributed by atoms with Crippen LogP contribution in [0.25, 0.3) is 10.9 Å². The zero-order chi connectivity index (χ0) is 20.5. The van der Waals surface area contributed by atoms with Crippen molar-refractivity contribution < 1.29 is 14.2 Å². The highest BCUT2D eigenvalue weighted by Crippen LogP contribution is 2.42. The van der Waals surface area contributed by atoms with Gasteiger partial charge in [0.1, 0.15) is 13.0 Å². The Balaban J connectivity index is 1.56. The number of ketones is 2. The average Bonchev–Trinajstić information content (AvgIpc) is 3.13. The van der Waals surface area contributed by atoms with Crippen LogP contribution in [0.15, 0.2) is 66.4 Å². The molecule has 0 radical (unpaired) electrons. The van der Waals surface area contributed by atoms with E-state index in [9.17, 15) is 9.59 Å². The van der Waals surface area contributed by atoms with Crippen molar-refractivity contribution in [1.82, 2.24) is 4.57 Å². The number of hydrogen-bond donors (Lipinski definition) is 0. The molecule has 1 aromatic heterocycles. The molecular weight excluding hydrogens is 360 g/mol. The summed E-state index contributed by atoms with van der Waals surface area (Å²) in [5.74, 6) is -0.858. The van der Waals surface area contributed by atoms with Gasteiger partial charge >= 0.3 is 0 Å². The van der Waals surface area contributed by atoms with Crippen LogP contribution in [0.3, 0.4) is 0 Å². The SMILES string of the molecule is Cn1cc(C2C(=O)C(=CC3=[N+](C)c4ccccc4C3(C)C)C2=O)c2ccccc21. The maximum atomic E-state index is 13.1. The van der Waals surface area contributed by atoms with E-state index >= 15 is 0 Å². The first-order valence-corrected chi connectivity index (χ1v) is 9.87. The van der Waals surface area contributed by atoms with Gasteiger partial charge in [-0.15, -0.1) is 0 Å². The van der Waals surface area contributed by atoms with Gasteiger partial charge in [-0.05, 0) is 25.5 Å². The molecule has 0 saturated heterocycles. The van der Waals surface area contributed by atoms with Crippen molar-refractivity contribution in [2.75, 3.05) is 7.05 Å². The molecule has 1 saturated carbocycles. The minimum Gasteiger partial charge on any atom is -0.350 e. The van der Waals surface area contributed by atoms with E-state index in [2.05, 4.69) is 30.6 Å². The van der Waals surface area contributed by atoms with Crippen LogP contribution in [0.1, 0.15) is 30.9 Å². The third-order valence-corrected chi connectivity index (χ3v) is 6.52. The van der Waals surface area contributed by atoms with Gasteiger partial charge < -0.3 is 4.57 Å².